The van der Waals surface area contributed by atoms with Crippen molar-refractivity contribution < 1.29 is 0 Å². The molecule has 1 saturated carbocycles. The molecule has 6 heteroatoms. The molecule has 25 heavy (non-hydrogen) atoms. The molecule has 0 aliphatic heterocycles. The Hall–Kier alpha value is -2.24. The van der Waals surface area contributed by atoms with Crippen molar-refractivity contribution in [3.05, 3.63) is 30.7 Å². The summed E-state index contributed by atoms with van der Waals surface area (Å²) in [7, 11) is 0. The maximum absolute atomic E-state index is 6.09. The Balaban J connectivity index is 1.59. The first kappa shape index (κ1) is 17.6. The molecular formula is C19H30N6. The lowest BCUT2D eigenvalue weighted by atomic mass is 9.68. The Bertz CT molecular complexity index is 679. The fourth-order valence-electron chi connectivity index (χ4n) is 3.50. The Morgan fingerprint density at radius 2 is 2.04 bits per heavy atom. The van der Waals surface area contributed by atoms with Crippen LogP contribution in [0.5, 0.6) is 0 Å². The molecule has 6 nitrogen and oxygen atoms in total. The third kappa shape index (κ3) is 4.44. The summed E-state index contributed by atoms with van der Waals surface area (Å²) < 4.78 is 2.12. The van der Waals surface area contributed by atoms with Crippen LogP contribution in [0, 0.1) is 11.3 Å². The topological polar surface area (TPSA) is 80.8 Å². The minimum absolute atomic E-state index is 0.343. The van der Waals surface area contributed by atoms with Crippen LogP contribution in [-0.4, -0.2) is 27.1 Å². The number of nitrogen functional groups attached to an aromatic ring is 1. The summed E-state index contributed by atoms with van der Waals surface area (Å²) in [6.07, 6.45) is 9.30. The molecular weight excluding hydrogens is 312 g/mol. The van der Waals surface area contributed by atoms with Crippen molar-refractivity contribution in [2.75, 3.05) is 22.9 Å². The van der Waals surface area contributed by atoms with E-state index in [1.807, 2.05) is 24.5 Å². The van der Waals surface area contributed by atoms with Crippen LogP contribution in [0.25, 0.3) is 0 Å². The summed E-state index contributed by atoms with van der Waals surface area (Å²) in [6.45, 7) is 8.69. The number of hydrogen-bond donors (Lipinski definition) is 3. The van der Waals surface area contributed by atoms with Gasteiger partial charge in [-0.05, 0) is 42.7 Å². The minimum Gasteiger partial charge on any atom is -0.394 e. The summed E-state index contributed by atoms with van der Waals surface area (Å²) in [5.41, 5.74) is 7.03. The third-order valence-corrected chi connectivity index (χ3v) is 5.53. The summed E-state index contributed by atoms with van der Waals surface area (Å²) in [4.78, 5) is 8.88. The highest BCUT2D eigenvalue weighted by atomic mass is 15.2. The van der Waals surface area contributed by atoms with Crippen molar-refractivity contribution in [1.29, 1.82) is 0 Å². The predicted octanol–water partition coefficient (Wildman–Crippen LogP) is 3.60. The van der Waals surface area contributed by atoms with E-state index >= 15 is 0 Å². The number of anilines is 3. The van der Waals surface area contributed by atoms with Gasteiger partial charge >= 0.3 is 0 Å². The standard InChI is InChI=1S/C19H30N6/c1-14-6-7-15(12-19(14,2)3)23-17-16(20)13-22-18(24-17)21-8-11-25-9-4-5-10-25/h4-5,9-10,13-15H,6-8,11-12,20H2,1-3H3,(H2,21,22,23,24)/t14-,15+/m0/s1. The van der Waals surface area contributed by atoms with Gasteiger partial charge in [0.05, 0.1) is 11.9 Å². The highest BCUT2D eigenvalue weighted by Crippen LogP contribution is 2.41. The van der Waals surface area contributed by atoms with Crippen LogP contribution in [0.15, 0.2) is 30.7 Å². The lowest BCUT2D eigenvalue weighted by molar-refractivity contribution is 0.144. The summed E-state index contributed by atoms with van der Waals surface area (Å²) in [5, 5.41) is 6.82. The van der Waals surface area contributed by atoms with E-state index in [-0.39, 0.29) is 0 Å². The monoisotopic (exact) mass is 342 g/mol. The fraction of sp³-hybridized carbons (Fsp3) is 0.579. The van der Waals surface area contributed by atoms with Crippen LogP contribution < -0.4 is 16.4 Å². The molecule has 136 valence electrons. The SMILES string of the molecule is C[C@H]1CC[C@@H](Nc2nc(NCCn3cccc3)ncc2N)CC1(C)C. The molecule has 2 atom stereocenters. The first-order valence-corrected chi connectivity index (χ1v) is 9.18. The zero-order chi connectivity index (χ0) is 17.9. The van der Waals surface area contributed by atoms with Crippen LogP contribution in [0.4, 0.5) is 17.5 Å². The van der Waals surface area contributed by atoms with Crippen molar-refractivity contribution in [2.24, 2.45) is 11.3 Å². The number of rotatable bonds is 6. The first-order chi connectivity index (χ1) is 11.9. The van der Waals surface area contributed by atoms with Crippen molar-refractivity contribution in [3.8, 4) is 0 Å². The van der Waals surface area contributed by atoms with Gasteiger partial charge < -0.3 is 20.9 Å². The first-order valence-electron chi connectivity index (χ1n) is 9.18. The van der Waals surface area contributed by atoms with E-state index in [9.17, 15) is 0 Å². The van der Waals surface area contributed by atoms with Crippen molar-refractivity contribution in [2.45, 2.75) is 52.6 Å². The molecule has 0 unspecified atom stereocenters. The van der Waals surface area contributed by atoms with E-state index in [1.54, 1.807) is 6.20 Å². The van der Waals surface area contributed by atoms with E-state index in [4.69, 9.17) is 5.73 Å². The van der Waals surface area contributed by atoms with Gasteiger partial charge in [-0.3, -0.25) is 0 Å². The molecule has 2 aromatic rings. The van der Waals surface area contributed by atoms with Gasteiger partial charge in [0.15, 0.2) is 5.82 Å². The Morgan fingerprint density at radius 1 is 1.28 bits per heavy atom. The van der Waals surface area contributed by atoms with E-state index in [1.165, 1.54) is 6.42 Å². The van der Waals surface area contributed by atoms with Gasteiger partial charge in [0.25, 0.3) is 0 Å². The van der Waals surface area contributed by atoms with Crippen LogP contribution >= 0.6 is 0 Å². The second kappa shape index (κ2) is 7.33. The molecule has 1 fully saturated rings. The van der Waals surface area contributed by atoms with E-state index < -0.39 is 0 Å². The minimum atomic E-state index is 0.343. The molecule has 2 aromatic heterocycles. The number of nitrogens with two attached hydrogens (primary N) is 1. The van der Waals surface area contributed by atoms with Crippen LogP contribution in [-0.2, 0) is 6.54 Å². The lowest BCUT2D eigenvalue weighted by Crippen LogP contribution is -2.37. The maximum Gasteiger partial charge on any atom is 0.224 e. The molecule has 0 spiro atoms. The molecule has 3 rings (SSSR count). The average Bonchev–Trinajstić information content (AvgIpc) is 3.07. The van der Waals surface area contributed by atoms with Gasteiger partial charge in [-0.1, -0.05) is 20.8 Å². The van der Waals surface area contributed by atoms with E-state index in [0.29, 0.717) is 23.1 Å². The number of nitrogens with one attached hydrogen (secondary N) is 2. The highest BCUT2D eigenvalue weighted by Gasteiger charge is 2.34. The van der Waals surface area contributed by atoms with Crippen molar-refractivity contribution in [1.82, 2.24) is 14.5 Å². The Morgan fingerprint density at radius 3 is 2.76 bits per heavy atom. The average molecular weight is 342 g/mol. The fourth-order valence-corrected chi connectivity index (χ4v) is 3.50. The third-order valence-electron chi connectivity index (χ3n) is 5.53. The molecule has 4 N–H and O–H groups in total. The number of nitrogens with zero attached hydrogens (tertiary/aromatic N) is 3. The zero-order valence-corrected chi connectivity index (χ0v) is 15.5. The quantitative estimate of drug-likeness (QED) is 0.747. The maximum atomic E-state index is 6.09. The molecule has 1 aliphatic rings. The summed E-state index contributed by atoms with van der Waals surface area (Å²) in [6, 6.07) is 4.46. The second-order valence-electron chi connectivity index (χ2n) is 7.86. The van der Waals surface area contributed by atoms with Gasteiger partial charge in [0.1, 0.15) is 0 Å². The van der Waals surface area contributed by atoms with E-state index in [2.05, 4.69) is 45.9 Å². The van der Waals surface area contributed by atoms with Gasteiger partial charge in [0.2, 0.25) is 5.95 Å². The zero-order valence-electron chi connectivity index (χ0n) is 15.5. The largest absolute Gasteiger partial charge is 0.394 e. The lowest BCUT2D eigenvalue weighted by Gasteiger charge is -2.41. The molecule has 0 radical (unpaired) electrons. The molecule has 0 bridgehead atoms. The van der Waals surface area contributed by atoms with Crippen LogP contribution in [0.3, 0.4) is 0 Å². The number of hydrogen-bond acceptors (Lipinski definition) is 5. The van der Waals surface area contributed by atoms with Crippen molar-refractivity contribution >= 4 is 17.5 Å². The van der Waals surface area contributed by atoms with Gasteiger partial charge in [-0.25, -0.2) is 4.98 Å². The highest BCUT2D eigenvalue weighted by molar-refractivity contribution is 5.62. The predicted molar refractivity (Wildman–Crippen MR) is 104 cm³/mol. The van der Waals surface area contributed by atoms with Crippen LogP contribution in [0.1, 0.15) is 40.0 Å². The Kier molecular flexibility index (Phi) is 5.16. The summed E-state index contributed by atoms with van der Waals surface area (Å²) >= 11 is 0. The second-order valence-corrected chi connectivity index (χ2v) is 7.86. The van der Waals surface area contributed by atoms with Crippen LogP contribution in [0.2, 0.25) is 0 Å². The molecule has 0 amide bonds. The molecule has 1 aliphatic carbocycles. The van der Waals surface area contributed by atoms with Gasteiger partial charge in [-0.2, -0.15) is 4.98 Å². The Labute approximate surface area is 150 Å². The van der Waals surface area contributed by atoms with E-state index in [0.717, 1.165) is 37.7 Å². The molecule has 0 saturated heterocycles. The van der Waals surface area contributed by atoms with Gasteiger partial charge in [-0.15, -0.1) is 0 Å². The van der Waals surface area contributed by atoms with Crippen molar-refractivity contribution in [3.63, 3.8) is 0 Å². The number of aromatic nitrogens is 3. The molecule has 0 aromatic carbocycles. The normalized spacial score (nSPS) is 22.5. The smallest absolute Gasteiger partial charge is 0.224 e. The van der Waals surface area contributed by atoms with Gasteiger partial charge in [0, 0.05) is 31.5 Å². The molecule has 2 heterocycles. The summed E-state index contributed by atoms with van der Waals surface area (Å²) in [5.74, 6) is 2.11.